The van der Waals surface area contributed by atoms with E-state index in [0.29, 0.717) is 5.92 Å². The summed E-state index contributed by atoms with van der Waals surface area (Å²) in [4.78, 5) is 21.8. The molecule has 102 valence electrons. The first-order chi connectivity index (χ1) is 8.99. The van der Waals surface area contributed by atoms with Crippen LogP contribution in [0.5, 0.6) is 0 Å². The van der Waals surface area contributed by atoms with Gasteiger partial charge in [-0.25, -0.2) is 0 Å². The Morgan fingerprint density at radius 3 is 2.79 bits per heavy atom. The molecule has 1 saturated carbocycles. The number of halogens is 1. The Hall–Kier alpha value is -1.98. The van der Waals surface area contributed by atoms with E-state index < -0.39 is 16.4 Å². The molecular formula is C13H15FN2O3. The summed E-state index contributed by atoms with van der Waals surface area (Å²) in [5.41, 5.74) is -0.556. The van der Waals surface area contributed by atoms with Crippen molar-refractivity contribution in [2.24, 2.45) is 5.92 Å². The summed E-state index contributed by atoms with van der Waals surface area (Å²) in [5.74, 6) is -0.919. The van der Waals surface area contributed by atoms with Crippen LogP contribution in [-0.2, 0) is 0 Å². The van der Waals surface area contributed by atoms with Crippen molar-refractivity contribution in [2.75, 3.05) is 0 Å². The highest BCUT2D eigenvalue weighted by Crippen LogP contribution is 2.25. The Balaban J connectivity index is 2.15. The fourth-order valence-corrected chi connectivity index (χ4v) is 2.41. The summed E-state index contributed by atoms with van der Waals surface area (Å²) in [7, 11) is 0. The third-order valence-electron chi connectivity index (χ3n) is 3.58. The molecule has 2 rings (SSSR count). The van der Waals surface area contributed by atoms with Crippen LogP contribution < -0.4 is 5.32 Å². The van der Waals surface area contributed by atoms with Crippen LogP contribution in [0.25, 0.3) is 0 Å². The molecule has 1 aliphatic carbocycles. The van der Waals surface area contributed by atoms with Crippen molar-refractivity contribution < 1.29 is 14.1 Å². The SMILES string of the molecule is CC1CCCC1NC(=O)c1ccc(F)c([N+](=O)[O-])c1. The molecule has 1 aromatic rings. The van der Waals surface area contributed by atoms with E-state index >= 15 is 0 Å². The minimum atomic E-state index is -0.934. The molecule has 1 aliphatic rings. The van der Waals surface area contributed by atoms with Gasteiger partial charge < -0.3 is 5.32 Å². The average Bonchev–Trinajstić information content (AvgIpc) is 2.75. The first-order valence-corrected chi connectivity index (χ1v) is 6.24. The number of nitrogens with one attached hydrogen (secondary N) is 1. The predicted octanol–water partition coefficient (Wildman–Crippen LogP) is 2.65. The fourth-order valence-electron chi connectivity index (χ4n) is 2.41. The number of benzene rings is 1. The zero-order valence-corrected chi connectivity index (χ0v) is 10.6. The molecule has 0 saturated heterocycles. The van der Waals surface area contributed by atoms with Gasteiger partial charge in [-0.2, -0.15) is 4.39 Å². The van der Waals surface area contributed by atoms with Crippen LogP contribution in [0.1, 0.15) is 36.5 Å². The van der Waals surface area contributed by atoms with E-state index in [9.17, 15) is 19.3 Å². The molecule has 0 spiro atoms. The lowest BCUT2D eigenvalue weighted by molar-refractivity contribution is -0.387. The summed E-state index contributed by atoms with van der Waals surface area (Å²) in [6, 6.07) is 3.28. The van der Waals surface area contributed by atoms with Crippen molar-refractivity contribution in [3.8, 4) is 0 Å². The molecule has 0 aliphatic heterocycles. The monoisotopic (exact) mass is 266 g/mol. The lowest BCUT2D eigenvalue weighted by Crippen LogP contribution is -2.36. The Bertz CT molecular complexity index is 519. The third-order valence-corrected chi connectivity index (χ3v) is 3.58. The van der Waals surface area contributed by atoms with Gasteiger partial charge in [-0.15, -0.1) is 0 Å². The highest BCUT2D eigenvalue weighted by Gasteiger charge is 2.26. The van der Waals surface area contributed by atoms with E-state index in [1.807, 2.05) is 0 Å². The van der Waals surface area contributed by atoms with Crippen LogP contribution in [0, 0.1) is 21.8 Å². The Labute approximate surface area is 110 Å². The molecule has 1 amide bonds. The minimum Gasteiger partial charge on any atom is -0.349 e. The van der Waals surface area contributed by atoms with Crippen LogP contribution in [0.4, 0.5) is 10.1 Å². The van der Waals surface area contributed by atoms with Gasteiger partial charge in [0.25, 0.3) is 5.91 Å². The van der Waals surface area contributed by atoms with Crippen LogP contribution in [0.2, 0.25) is 0 Å². The van der Waals surface area contributed by atoms with Gasteiger partial charge >= 0.3 is 5.69 Å². The Kier molecular flexibility index (Phi) is 3.78. The molecular weight excluding hydrogens is 251 g/mol. The topological polar surface area (TPSA) is 72.2 Å². The van der Waals surface area contributed by atoms with E-state index in [0.717, 1.165) is 31.4 Å². The summed E-state index contributed by atoms with van der Waals surface area (Å²) < 4.78 is 13.2. The molecule has 0 bridgehead atoms. The summed E-state index contributed by atoms with van der Waals surface area (Å²) in [6.07, 6.45) is 3.04. The first-order valence-electron chi connectivity index (χ1n) is 6.24. The summed E-state index contributed by atoms with van der Waals surface area (Å²) >= 11 is 0. The number of carbonyl (C=O) groups is 1. The van der Waals surface area contributed by atoms with Gasteiger partial charge in [0.2, 0.25) is 5.82 Å². The number of nitrogens with zero attached hydrogens (tertiary/aromatic N) is 1. The average molecular weight is 266 g/mol. The van der Waals surface area contributed by atoms with Gasteiger partial charge in [0.05, 0.1) is 4.92 Å². The van der Waals surface area contributed by atoms with Gasteiger partial charge in [0.15, 0.2) is 0 Å². The predicted molar refractivity (Wildman–Crippen MR) is 67.3 cm³/mol. The largest absolute Gasteiger partial charge is 0.349 e. The number of nitro benzene ring substituents is 1. The van der Waals surface area contributed by atoms with Crippen molar-refractivity contribution in [2.45, 2.75) is 32.2 Å². The highest BCUT2D eigenvalue weighted by molar-refractivity contribution is 5.95. The molecule has 5 nitrogen and oxygen atoms in total. The van der Waals surface area contributed by atoms with Crippen LogP contribution in [0.3, 0.4) is 0 Å². The maximum atomic E-state index is 13.2. The second-order valence-electron chi connectivity index (χ2n) is 4.91. The second kappa shape index (κ2) is 5.34. The molecule has 19 heavy (non-hydrogen) atoms. The molecule has 1 N–H and O–H groups in total. The Morgan fingerprint density at radius 1 is 1.47 bits per heavy atom. The zero-order valence-electron chi connectivity index (χ0n) is 10.6. The lowest BCUT2D eigenvalue weighted by atomic mass is 10.1. The maximum absolute atomic E-state index is 13.2. The van der Waals surface area contributed by atoms with Gasteiger partial charge in [-0.3, -0.25) is 14.9 Å². The minimum absolute atomic E-state index is 0.0941. The van der Waals surface area contributed by atoms with E-state index in [4.69, 9.17) is 0 Å². The number of hydrogen-bond acceptors (Lipinski definition) is 3. The second-order valence-corrected chi connectivity index (χ2v) is 4.91. The number of hydrogen-bond donors (Lipinski definition) is 1. The van der Waals surface area contributed by atoms with Crippen LogP contribution in [-0.4, -0.2) is 16.9 Å². The normalized spacial score (nSPS) is 22.2. The van der Waals surface area contributed by atoms with E-state index in [1.54, 1.807) is 0 Å². The van der Waals surface area contributed by atoms with Crippen LogP contribution >= 0.6 is 0 Å². The molecule has 2 unspecified atom stereocenters. The lowest BCUT2D eigenvalue weighted by Gasteiger charge is -2.17. The number of amides is 1. The zero-order chi connectivity index (χ0) is 14.0. The smallest absolute Gasteiger partial charge is 0.305 e. The molecule has 2 atom stereocenters. The first kappa shape index (κ1) is 13.5. The molecule has 1 aromatic carbocycles. The third kappa shape index (κ3) is 2.89. The van der Waals surface area contributed by atoms with E-state index in [1.165, 1.54) is 6.07 Å². The van der Waals surface area contributed by atoms with Crippen molar-refractivity contribution in [3.63, 3.8) is 0 Å². The van der Waals surface area contributed by atoms with Crippen LogP contribution in [0.15, 0.2) is 18.2 Å². The molecule has 0 radical (unpaired) electrons. The maximum Gasteiger partial charge on any atom is 0.305 e. The molecule has 6 heteroatoms. The van der Waals surface area contributed by atoms with Crippen molar-refractivity contribution >= 4 is 11.6 Å². The van der Waals surface area contributed by atoms with Crippen molar-refractivity contribution in [3.05, 3.63) is 39.7 Å². The van der Waals surface area contributed by atoms with Gasteiger partial charge in [0, 0.05) is 17.7 Å². The van der Waals surface area contributed by atoms with Gasteiger partial charge in [0.1, 0.15) is 0 Å². The standard InChI is InChI=1S/C13H15FN2O3/c1-8-3-2-4-11(8)15-13(17)9-5-6-10(14)12(7-9)16(18)19/h5-8,11H,2-4H2,1H3,(H,15,17). The van der Waals surface area contributed by atoms with Crippen molar-refractivity contribution in [1.29, 1.82) is 0 Å². The molecule has 1 fully saturated rings. The number of carbonyl (C=O) groups excluding carboxylic acids is 1. The summed E-state index contributed by atoms with van der Waals surface area (Å²) in [5, 5.41) is 13.5. The summed E-state index contributed by atoms with van der Waals surface area (Å²) in [6.45, 7) is 2.06. The van der Waals surface area contributed by atoms with E-state index in [-0.39, 0.29) is 17.5 Å². The fraction of sp³-hybridized carbons (Fsp3) is 0.462. The van der Waals surface area contributed by atoms with Gasteiger partial charge in [-0.05, 0) is 30.9 Å². The quantitative estimate of drug-likeness (QED) is 0.675. The number of nitro groups is 1. The van der Waals surface area contributed by atoms with E-state index in [2.05, 4.69) is 12.2 Å². The van der Waals surface area contributed by atoms with Crippen molar-refractivity contribution in [1.82, 2.24) is 5.32 Å². The molecule has 0 aromatic heterocycles. The molecule has 0 heterocycles. The van der Waals surface area contributed by atoms with Gasteiger partial charge in [-0.1, -0.05) is 13.3 Å². The Morgan fingerprint density at radius 2 is 2.21 bits per heavy atom. The highest BCUT2D eigenvalue weighted by atomic mass is 19.1. The number of rotatable bonds is 3.